The summed E-state index contributed by atoms with van der Waals surface area (Å²) in [5.41, 5.74) is 1.52. The first kappa shape index (κ1) is 18.8. The van der Waals surface area contributed by atoms with Crippen molar-refractivity contribution in [3.63, 3.8) is 0 Å². The molecule has 2 amide bonds. The molecule has 0 aromatic heterocycles. The fourth-order valence-electron chi connectivity index (χ4n) is 2.56. The Balaban J connectivity index is 1.89. The minimum atomic E-state index is -0.457. The first-order valence-electron chi connectivity index (χ1n) is 7.74. The molecule has 2 aromatic rings. The van der Waals surface area contributed by atoms with E-state index in [0.29, 0.717) is 16.7 Å². The number of halogens is 1. The molecule has 0 spiro atoms. The van der Waals surface area contributed by atoms with Crippen LogP contribution in [0, 0.1) is 11.3 Å². The molecule has 0 aliphatic carbocycles. The van der Waals surface area contributed by atoms with Gasteiger partial charge in [0, 0.05) is 0 Å². The number of rotatable bonds is 4. The van der Waals surface area contributed by atoms with Crippen molar-refractivity contribution >= 4 is 40.6 Å². The molecule has 6 nitrogen and oxygen atoms in total. The Hall–Kier alpha value is -2.95. The van der Waals surface area contributed by atoms with Crippen LogP contribution in [0.25, 0.3) is 6.08 Å². The fourth-order valence-corrected chi connectivity index (χ4v) is 3.62. The normalized spacial score (nSPS) is 15.3. The third-order valence-corrected chi connectivity index (χ3v) is 5.10. The van der Waals surface area contributed by atoms with Gasteiger partial charge in [0.15, 0.2) is 11.5 Å². The summed E-state index contributed by atoms with van der Waals surface area (Å²) in [6, 6.07) is 11.8. The largest absolute Gasteiger partial charge is 0.503 e. The maximum absolute atomic E-state index is 12.7. The lowest BCUT2D eigenvalue weighted by Gasteiger charge is -2.13. The fraction of sp³-hybridized carbons (Fsp3) is 0.105. The van der Waals surface area contributed by atoms with E-state index in [9.17, 15) is 14.7 Å². The van der Waals surface area contributed by atoms with Crippen LogP contribution in [0.5, 0.6) is 11.5 Å². The van der Waals surface area contributed by atoms with E-state index in [4.69, 9.17) is 21.6 Å². The highest BCUT2D eigenvalue weighted by molar-refractivity contribution is 8.18. The molecule has 1 N–H and O–H groups in total. The summed E-state index contributed by atoms with van der Waals surface area (Å²) in [4.78, 5) is 26.2. The number of nitriles is 1. The molecule has 2 aromatic carbocycles. The quantitative estimate of drug-likeness (QED) is 0.775. The third-order valence-electron chi connectivity index (χ3n) is 3.91. The highest BCUT2D eigenvalue weighted by atomic mass is 35.5. The lowest BCUT2D eigenvalue weighted by Crippen LogP contribution is -2.27. The molecule has 0 saturated carbocycles. The number of carbonyl (C=O) groups is 2. The zero-order valence-corrected chi connectivity index (χ0v) is 15.7. The summed E-state index contributed by atoms with van der Waals surface area (Å²) in [7, 11) is 1.38. The number of methoxy groups -OCH3 is 1. The number of nitrogens with zero attached hydrogens (tertiary/aromatic N) is 2. The van der Waals surface area contributed by atoms with Crippen LogP contribution >= 0.6 is 23.4 Å². The van der Waals surface area contributed by atoms with E-state index < -0.39 is 11.1 Å². The molecule has 1 aliphatic heterocycles. The van der Waals surface area contributed by atoms with Gasteiger partial charge in [-0.25, -0.2) is 0 Å². The van der Waals surface area contributed by atoms with E-state index >= 15 is 0 Å². The first-order valence-corrected chi connectivity index (χ1v) is 8.94. The first-order chi connectivity index (χ1) is 12.9. The van der Waals surface area contributed by atoms with Crippen molar-refractivity contribution in [3.05, 3.63) is 63.0 Å². The Kier molecular flexibility index (Phi) is 5.40. The number of benzene rings is 2. The van der Waals surface area contributed by atoms with E-state index in [2.05, 4.69) is 6.07 Å². The van der Waals surface area contributed by atoms with Crippen LogP contribution in [0.2, 0.25) is 5.02 Å². The van der Waals surface area contributed by atoms with Gasteiger partial charge < -0.3 is 9.84 Å². The van der Waals surface area contributed by atoms with Crippen LogP contribution in [0.1, 0.15) is 16.7 Å². The monoisotopic (exact) mass is 400 g/mol. The second kappa shape index (κ2) is 7.74. The van der Waals surface area contributed by atoms with Crippen LogP contribution in [0.3, 0.4) is 0 Å². The maximum atomic E-state index is 12.7. The summed E-state index contributed by atoms with van der Waals surface area (Å²) in [6.45, 7) is 0.0192. The molecule has 136 valence electrons. The van der Waals surface area contributed by atoms with Gasteiger partial charge in [-0.05, 0) is 47.2 Å². The van der Waals surface area contributed by atoms with Gasteiger partial charge in [-0.3, -0.25) is 14.5 Å². The molecule has 1 heterocycles. The van der Waals surface area contributed by atoms with Crippen LogP contribution in [-0.4, -0.2) is 28.3 Å². The molecular weight excluding hydrogens is 388 g/mol. The van der Waals surface area contributed by atoms with E-state index in [1.165, 1.54) is 25.3 Å². The maximum Gasteiger partial charge on any atom is 0.293 e. The second-order valence-electron chi connectivity index (χ2n) is 5.59. The van der Waals surface area contributed by atoms with E-state index in [1.54, 1.807) is 24.3 Å². The van der Waals surface area contributed by atoms with E-state index in [1.807, 2.05) is 0 Å². The summed E-state index contributed by atoms with van der Waals surface area (Å²) < 4.78 is 5.04. The Morgan fingerprint density at radius 1 is 1.33 bits per heavy atom. The van der Waals surface area contributed by atoms with Crippen molar-refractivity contribution in [1.82, 2.24) is 4.90 Å². The van der Waals surface area contributed by atoms with E-state index in [-0.39, 0.29) is 28.0 Å². The molecular formula is C19H13ClN2O4S. The predicted molar refractivity (Wildman–Crippen MR) is 102 cm³/mol. The lowest BCUT2D eigenvalue weighted by atomic mass is 10.1. The summed E-state index contributed by atoms with van der Waals surface area (Å²) >= 11 is 6.76. The zero-order chi connectivity index (χ0) is 19.6. The van der Waals surface area contributed by atoms with Crippen LogP contribution in [-0.2, 0) is 11.3 Å². The smallest absolute Gasteiger partial charge is 0.293 e. The number of phenols is 1. The third kappa shape index (κ3) is 3.77. The topological polar surface area (TPSA) is 90.6 Å². The van der Waals surface area contributed by atoms with Crippen molar-refractivity contribution in [1.29, 1.82) is 5.26 Å². The van der Waals surface area contributed by atoms with Crippen LogP contribution in [0.15, 0.2) is 41.3 Å². The molecule has 1 fully saturated rings. The number of imide groups is 1. The number of hydrogen-bond acceptors (Lipinski definition) is 6. The number of aromatic hydroxyl groups is 1. The van der Waals surface area contributed by atoms with E-state index in [0.717, 1.165) is 16.7 Å². The average molecular weight is 401 g/mol. The Labute approximate surface area is 164 Å². The number of ether oxygens (including phenoxy) is 1. The summed E-state index contributed by atoms with van der Waals surface area (Å²) in [5.74, 6) is -0.491. The van der Waals surface area contributed by atoms with Crippen molar-refractivity contribution in [3.8, 4) is 17.6 Å². The van der Waals surface area contributed by atoms with Gasteiger partial charge in [0.05, 0.1) is 35.2 Å². The molecule has 0 bridgehead atoms. The minimum Gasteiger partial charge on any atom is -0.503 e. The van der Waals surface area contributed by atoms with Gasteiger partial charge in [0.1, 0.15) is 0 Å². The number of hydrogen-bond donors (Lipinski definition) is 1. The van der Waals surface area contributed by atoms with Crippen LogP contribution in [0.4, 0.5) is 4.79 Å². The van der Waals surface area contributed by atoms with Gasteiger partial charge in [-0.1, -0.05) is 29.8 Å². The summed E-state index contributed by atoms with van der Waals surface area (Å²) in [5, 5.41) is 18.6. The highest BCUT2D eigenvalue weighted by Gasteiger charge is 2.35. The molecule has 1 aliphatic rings. The molecule has 0 atom stereocenters. The van der Waals surface area contributed by atoms with Crippen molar-refractivity contribution < 1.29 is 19.4 Å². The van der Waals surface area contributed by atoms with Crippen molar-refractivity contribution in [2.75, 3.05) is 7.11 Å². The van der Waals surface area contributed by atoms with Crippen molar-refractivity contribution in [2.45, 2.75) is 6.54 Å². The molecule has 0 unspecified atom stereocenters. The van der Waals surface area contributed by atoms with Gasteiger partial charge in [0.25, 0.3) is 11.1 Å². The Bertz CT molecular complexity index is 1010. The average Bonchev–Trinajstić information content (AvgIpc) is 2.92. The number of carbonyl (C=O) groups excluding carboxylic acids is 2. The van der Waals surface area contributed by atoms with Gasteiger partial charge in [0.2, 0.25) is 0 Å². The standard InChI is InChI=1S/C19H13ClN2O4S/c1-26-15-7-11(6-14(20)17(15)23)8-16-18(24)22(19(25)27-16)10-13-5-3-2-4-12(13)9-21/h2-8,23H,10H2,1H3/b16-8-. The van der Waals surface area contributed by atoms with Gasteiger partial charge in [-0.15, -0.1) is 0 Å². The van der Waals surface area contributed by atoms with Crippen molar-refractivity contribution in [2.24, 2.45) is 0 Å². The molecule has 8 heteroatoms. The summed E-state index contributed by atoms with van der Waals surface area (Å²) in [6.07, 6.45) is 1.51. The number of thioether (sulfide) groups is 1. The highest BCUT2D eigenvalue weighted by Crippen LogP contribution is 2.38. The molecule has 1 saturated heterocycles. The minimum absolute atomic E-state index is 0.0192. The molecule has 3 rings (SSSR count). The molecule has 27 heavy (non-hydrogen) atoms. The SMILES string of the molecule is COc1cc(/C=C2\SC(=O)N(Cc3ccccc3C#N)C2=O)cc(Cl)c1O. The second-order valence-corrected chi connectivity index (χ2v) is 6.99. The van der Waals surface area contributed by atoms with Gasteiger partial charge in [-0.2, -0.15) is 5.26 Å². The van der Waals surface area contributed by atoms with Gasteiger partial charge >= 0.3 is 0 Å². The zero-order valence-electron chi connectivity index (χ0n) is 14.1. The Morgan fingerprint density at radius 3 is 2.78 bits per heavy atom. The predicted octanol–water partition coefficient (Wildman–Crippen LogP) is 4.16. The molecule has 0 radical (unpaired) electrons. The lowest BCUT2D eigenvalue weighted by molar-refractivity contribution is -0.123. The Morgan fingerprint density at radius 2 is 2.07 bits per heavy atom. The van der Waals surface area contributed by atoms with Crippen LogP contribution < -0.4 is 4.74 Å². The number of phenolic OH excluding ortho intramolecular Hbond substituents is 1. The number of amides is 2.